The van der Waals surface area contributed by atoms with Gasteiger partial charge < -0.3 is 9.64 Å². The zero-order chi connectivity index (χ0) is 10.4. The van der Waals surface area contributed by atoms with E-state index in [0.717, 1.165) is 12.6 Å². The maximum Gasteiger partial charge on any atom is 0.0518 e. The van der Waals surface area contributed by atoms with Crippen LogP contribution in [-0.2, 0) is 4.74 Å². The van der Waals surface area contributed by atoms with Crippen molar-refractivity contribution in [2.75, 3.05) is 19.7 Å². The van der Waals surface area contributed by atoms with Crippen molar-refractivity contribution < 1.29 is 4.74 Å². The monoisotopic (exact) mass is 199 g/mol. The Kier molecular flexibility index (Phi) is 5.49. The van der Waals surface area contributed by atoms with Crippen molar-refractivity contribution >= 4 is 0 Å². The predicted octanol–water partition coefficient (Wildman–Crippen LogP) is 2.68. The van der Waals surface area contributed by atoms with Gasteiger partial charge in [-0.25, -0.2) is 0 Å². The molecule has 0 saturated carbocycles. The van der Waals surface area contributed by atoms with Gasteiger partial charge in [0.25, 0.3) is 0 Å². The molecule has 2 nitrogen and oxygen atoms in total. The van der Waals surface area contributed by atoms with Crippen LogP contribution in [0.2, 0.25) is 0 Å². The summed E-state index contributed by atoms with van der Waals surface area (Å²) in [5.74, 6) is 0. The lowest BCUT2D eigenvalue weighted by atomic mass is 10.0. The summed E-state index contributed by atoms with van der Waals surface area (Å²) in [4.78, 5) is 2.60. The van der Waals surface area contributed by atoms with Crippen LogP contribution in [-0.4, -0.2) is 36.7 Å². The lowest BCUT2D eigenvalue weighted by molar-refractivity contribution is 0.0636. The molecule has 0 aliphatic carbocycles. The van der Waals surface area contributed by atoms with Crippen molar-refractivity contribution in [3.63, 3.8) is 0 Å². The summed E-state index contributed by atoms with van der Waals surface area (Å²) in [7, 11) is 0. The van der Waals surface area contributed by atoms with E-state index in [0.29, 0.717) is 6.10 Å². The van der Waals surface area contributed by atoms with Crippen molar-refractivity contribution in [1.82, 2.24) is 4.90 Å². The van der Waals surface area contributed by atoms with Crippen LogP contribution in [0.4, 0.5) is 0 Å². The van der Waals surface area contributed by atoms with Crippen molar-refractivity contribution in [3.8, 4) is 0 Å². The standard InChI is InChI=1S/C12H25NO/c1-11(2)14-10-6-9-13-8-5-4-7-12(13)3/h11-12H,4-10H2,1-3H3/t12-/m1/s1. The first-order valence-electron chi connectivity index (χ1n) is 6.06. The Bertz CT molecular complexity index is 147. The summed E-state index contributed by atoms with van der Waals surface area (Å²) in [5.41, 5.74) is 0. The fraction of sp³-hybridized carbons (Fsp3) is 1.00. The summed E-state index contributed by atoms with van der Waals surface area (Å²) in [6, 6.07) is 0.794. The molecular formula is C12H25NO. The molecule has 1 fully saturated rings. The van der Waals surface area contributed by atoms with E-state index in [4.69, 9.17) is 4.74 Å². The SMILES string of the molecule is CC(C)OCCCN1CCCC[C@H]1C. The molecule has 1 rings (SSSR count). The molecule has 1 atom stereocenters. The summed E-state index contributed by atoms with van der Waals surface area (Å²) in [5, 5.41) is 0. The van der Waals surface area contributed by atoms with Crippen LogP contribution in [0.1, 0.15) is 46.5 Å². The van der Waals surface area contributed by atoms with E-state index in [1.165, 1.54) is 38.8 Å². The van der Waals surface area contributed by atoms with Crippen LogP contribution < -0.4 is 0 Å². The number of hydrogen-bond acceptors (Lipinski definition) is 2. The smallest absolute Gasteiger partial charge is 0.0518 e. The van der Waals surface area contributed by atoms with Crippen molar-refractivity contribution in [2.24, 2.45) is 0 Å². The number of piperidine rings is 1. The highest BCUT2D eigenvalue weighted by molar-refractivity contribution is 4.72. The first kappa shape index (κ1) is 12.0. The highest BCUT2D eigenvalue weighted by Gasteiger charge is 2.16. The quantitative estimate of drug-likeness (QED) is 0.631. The summed E-state index contributed by atoms with van der Waals surface area (Å²) in [6.45, 7) is 9.98. The number of likely N-dealkylation sites (tertiary alicyclic amines) is 1. The molecule has 0 aromatic heterocycles. The normalized spacial score (nSPS) is 24.4. The average molecular weight is 199 g/mol. The van der Waals surface area contributed by atoms with Crippen LogP contribution in [0.25, 0.3) is 0 Å². The summed E-state index contributed by atoms with van der Waals surface area (Å²) >= 11 is 0. The Morgan fingerprint density at radius 1 is 1.36 bits per heavy atom. The Labute approximate surface area is 88.6 Å². The largest absolute Gasteiger partial charge is 0.379 e. The van der Waals surface area contributed by atoms with Gasteiger partial charge >= 0.3 is 0 Å². The van der Waals surface area contributed by atoms with Gasteiger partial charge in [-0.15, -0.1) is 0 Å². The topological polar surface area (TPSA) is 12.5 Å². The third-order valence-electron chi connectivity index (χ3n) is 2.98. The van der Waals surface area contributed by atoms with Crippen LogP contribution in [0.5, 0.6) is 0 Å². The van der Waals surface area contributed by atoms with Gasteiger partial charge in [0.1, 0.15) is 0 Å². The second-order valence-electron chi connectivity index (χ2n) is 4.65. The molecule has 2 heteroatoms. The van der Waals surface area contributed by atoms with E-state index in [9.17, 15) is 0 Å². The third kappa shape index (κ3) is 4.43. The minimum atomic E-state index is 0.383. The zero-order valence-electron chi connectivity index (χ0n) is 9.96. The van der Waals surface area contributed by atoms with Gasteiger partial charge in [-0.2, -0.15) is 0 Å². The number of hydrogen-bond donors (Lipinski definition) is 0. The van der Waals surface area contributed by atoms with Gasteiger partial charge in [-0.3, -0.25) is 0 Å². The second-order valence-corrected chi connectivity index (χ2v) is 4.65. The maximum absolute atomic E-state index is 5.54. The fourth-order valence-electron chi connectivity index (χ4n) is 2.08. The number of rotatable bonds is 5. The predicted molar refractivity (Wildman–Crippen MR) is 60.6 cm³/mol. The molecular weight excluding hydrogens is 174 g/mol. The molecule has 0 radical (unpaired) electrons. The van der Waals surface area contributed by atoms with Crippen LogP contribution in [0, 0.1) is 0 Å². The Balaban J connectivity index is 2.04. The van der Waals surface area contributed by atoms with Gasteiger partial charge in [0.15, 0.2) is 0 Å². The molecule has 14 heavy (non-hydrogen) atoms. The molecule has 1 saturated heterocycles. The molecule has 0 aromatic carbocycles. The van der Waals surface area contributed by atoms with E-state index in [2.05, 4.69) is 25.7 Å². The molecule has 1 aliphatic rings. The summed E-state index contributed by atoms with van der Waals surface area (Å²) < 4.78 is 5.54. The third-order valence-corrected chi connectivity index (χ3v) is 2.98. The molecule has 0 spiro atoms. The molecule has 1 aliphatic heterocycles. The second kappa shape index (κ2) is 6.41. The number of ether oxygens (including phenoxy) is 1. The van der Waals surface area contributed by atoms with E-state index in [1.807, 2.05) is 0 Å². The maximum atomic E-state index is 5.54. The Hall–Kier alpha value is -0.0800. The van der Waals surface area contributed by atoms with Gasteiger partial charge in [0, 0.05) is 19.2 Å². The Morgan fingerprint density at radius 3 is 2.79 bits per heavy atom. The minimum absolute atomic E-state index is 0.383. The number of nitrogens with zero attached hydrogens (tertiary/aromatic N) is 1. The molecule has 0 N–H and O–H groups in total. The molecule has 84 valence electrons. The van der Waals surface area contributed by atoms with Crippen LogP contribution in [0.3, 0.4) is 0 Å². The van der Waals surface area contributed by atoms with Gasteiger partial charge in [-0.1, -0.05) is 6.42 Å². The first-order valence-corrected chi connectivity index (χ1v) is 6.06. The average Bonchev–Trinajstić information content (AvgIpc) is 2.15. The van der Waals surface area contributed by atoms with Crippen molar-refractivity contribution in [2.45, 2.75) is 58.6 Å². The molecule has 1 heterocycles. The minimum Gasteiger partial charge on any atom is -0.379 e. The van der Waals surface area contributed by atoms with Gasteiger partial charge in [0.05, 0.1) is 6.10 Å². The van der Waals surface area contributed by atoms with Crippen molar-refractivity contribution in [1.29, 1.82) is 0 Å². The molecule has 0 unspecified atom stereocenters. The zero-order valence-corrected chi connectivity index (χ0v) is 9.96. The summed E-state index contributed by atoms with van der Waals surface area (Å²) in [6.07, 6.45) is 5.75. The van der Waals surface area contributed by atoms with Crippen LogP contribution in [0.15, 0.2) is 0 Å². The van der Waals surface area contributed by atoms with Gasteiger partial charge in [-0.05, 0) is 46.6 Å². The molecule has 0 aromatic rings. The van der Waals surface area contributed by atoms with Gasteiger partial charge in [0.2, 0.25) is 0 Å². The van der Waals surface area contributed by atoms with E-state index in [-0.39, 0.29) is 0 Å². The van der Waals surface area contributed by atoms with E-state index in [1.54, 1.807) is 0 Å². The highest BCUT2D eigenvalue weighted by Crippen LogP contribution is 2.16. The molecule has 0 bridgehead atoms. The lowest BCUT2D eigenvalue weighted by Gasteiger charge is -2.33. The first-order chi connectivity index (χ1) is 6.70. The van der Waals surface area contributed by atoms with Crippen LogP contribution >= 0.6 is 0 Å². The fourth-order valence-corrected chi connectivity index (χ4v) is 2.08. The molecule has 0 amide bonds. The van der Waals surface area contributed by atoms with E-state index < -0.39 is 0 Å². The van der Waals surface area contributed by atoms with Crippen molar-refractivity contribution in [3.05, 3.63) is 0 Å². The Morgan fingerprint density at radius 2 is 2.14 bits per heavy atom. The van der Waals surface area contributed by atoms with E-state index >= 15 is 0 Å². The lowest BCUT2D eigenvalue weighted by Crippen LogP contribution is -2.38. The highest BCUT2D eigenvalue weighted by atomic mass is 16.5.